The van der Waals surface area contributed by atoms with E-state index in [1.165, 1.54) is 3.97 Å². The smallest absolute Gasteiger partial charge is 0.407 e. The summed E-state index contributed by atoms with van der Waals surface area (Å²) in [5.74, 6) is 0. The third-order valence-corrected chi connectivity index (χ3v) is 8.89. The second kappa shape index (κ2) is 10.7. The normalized spacial score (nSPS) is 20.2. The lowest BCUT2D eigenvalue weighted by atomic mass is 9.91. The van der Waals surface area contributed by atoms with Crippen LogP contribution >= 0.6 is 0 Å². The number of rotatable bonds is 6. The van der Waals surface area contributed by atoms with Gasteiger partial charge in [-0.1, -0.05) is 12.1 Å². The van der Waals surface area contributed by atoms with Gasteiger partial charge in [0, 0.05) is 49.9 Å². The van der Waals surface area contributed by atoms with E-state index >= 15 is 0 Å². The van der Waals surface area contributed by atoms with Crippen LogP contribution < -0.4 is 10.2 Å². The molecule has 5 rings (SSSR count). The summed E-state index contributed by atoms with van der Waals surface area (Å²) in [4.78, 5) is 19.1. The minimum atomic E-state index is -3.88. The maximum absolute atomic E-state index is 13.9. The van der Waals surface area contributed by atoms with Gasteiger partial charge in [-0.15, -0.1) is 0 Å². The average Bonchev–Trinajstić information content (AvgIpc) is 3.54. The first kappa shape index (κ1) is 27.2. The van der Waals surface area contributed by atoms with Crippen molar-refractivity contribution in [1.82, 2.24) is 14.3 Å². The molecule has 0 spiro atoms. The third kappa shape index (κ3) is 5.81. The molecule has 1 N–H and O–H groups in total. The number of nitrogens with one attached hydrogen (secondary N) is 1. The van der Waals surface area contributed by atoms with Crippen molar-refractivity contribution >= 4 is 38.4 Å². The molecule has 1 saturated heterocycles. The highest BCUT2D eigenvalue weighted by Crippen LogP contribution is 2.35. The Labute approximate surface area is 229 Å². The van der Waals surface area contributed by atoms with Crippen molar-refractivity contribution in [3.8, 4) is 0 Å². The minimum Gasteiger partial charge on any atom is -0.444 e. The molecule has 9 nitrogen and oxygen atoms in total. The lowest BCUT2D eigenvalue weighted by Crippen LogP contribution is -2.39. The van der Waals surface area contributed by atoms with E-state index in [2.05, 4.69) is 21.3 Å². The van der Waals surface area contributed by atoms with Crippen molar-refractivity contribution in [3.63, 3.8) is 0 Å². The van der Waals surface area contributed by atoms with Gasteiger partial charge < -0.3 is 19.7 Å². The number of fused-ring (bicyclic) bond motifs is 1. The Hall–Kier alpha value is -3.37. The van der Waals surface area contributed by atoms with Crippen LogP contribution in [0.15, 0.2) is 59.8 Å². The molecule has 10 heteroatoms. The molecule has 2 aromatic heterocycles. The second-order valence-corrected chi connectivity index (χ2v) is 13.0. The predicted molar refractivity (Wildman–Crippen MR) is 151 cm³/mol. The Balaban J connectivity index is 1.42. The van der Waals surface area contributed by atoms with Gasteiger partial charge in [0.1, 0.15) is 5.60 Å². The van der Waals surface area contributed by atoms with Gasteiger partial charge in [0.15, 0.2) is 0 Å². The summed E-state index contributed by atoms with van der Waals surface area (Å²) < 4.78 is 40.1. The number of alkyl carbamates (subject to hydrolysis) is 1. The van der Waals surface area contributed by atoms with Gasteiger partial charge in [-0.05, 0) is 82.4 Å². The summed E-state index contributed by atoms with van der Waals surface area (Å²) in [7, 11) is -2.18. The fraction of sp³-hybridized carbons (Fsp3) is 0.448. The zero-order valence-corrected chi connectivity index (χ0v) is 23.7. The Morgan fingerprint density at radius 1 is 1.15 bits per heavy atom. The summed E-state index contributed by atoms with van der Waals surface area (Å²) in [6.45, 7) is 7.06. The molecule has 1 aliphatic carbocycles. The van der Waals surface area contributed by atoms with Crippen LogP contribution in [0.2, 0.25) is 0 Å². The highest BCUT2D eigenvalue weighted by molar-refractivity contribution is 7.90. The summed E-state index contributed by atoms with van der Waals surface area (Å²) in [5.41, 5.74) is 3.30. The standard InChI is InChI=1S/C29H36N4O5S/c1-29(2,3)38-28(34)31-21-12-10-20(11-13-21)25-19-33(26-9-6-15-30-27(25)26)39(35,36)24-8-5-7-22(17-24)32-16-14-23(18-32)37-4/h5-10,15,17,19,21,23H,11-14,16,18H2,1-4H3,(H,31,34). The second-order valence-electron chi connectivity index (χ2n) is 11.2. The molecular formula is C29H36N4O5S. The Bertz CT molecular complexity index is 1510. The molecular weight excluding hydrogens is 516 g/mol. The Morgan fingerprint density at radius 3 is 2.67 bits per heavy atom. The summed E-state index contributed by atoms with van der Waals surface area (Å²) >= 11 is 0. The monoisotopic (exact) mass is 552 g/mol. The lowest BCUT2D eigenvalue weighted by molar-refractivity contribution is 0.0502. The number of carbonyl (C=O) groups is 1. The number of benzene rings is 1. The van der Waals surface area contributed by atoms with Gasteiger partial charge in [-0.2, -0.15) is 0 Å². The number of amides is 1. The van der Waals surface area contributed by atoms with E-state index in [-0.39, 0.29) is 17.0 Å². The van der Waals surface area contributed by atoms with Gasteiger partial charge in [-0.25, -0.2) is 17.2 Å². The number of pyridine rings is 1. The van der Waals surface area contributed by atoms with Crippen LogP contribution in [0.5, 0.6) is 0 Å². The van der Waals surface area contributed by atoms with Crippen molar-refractivity contribution in [2.24, 2.45) is 0 Å². The largest absolute Gasteiger partial charge is 0.444 e. The van der Waals surface area contributed by atoms with E-state index in [1.54, 1.807) is 49.8 Å². The molecule has 3 aromatic rings. The predicted octanol–water partition coefficient (Wildman–Crippen LogP) is 4.96. The van der Waals surface area contributed by atoms with Crippen molar-refractivity contribution in [1.29, 1.82) is 0 Å². The van der Waals surface area contributed by atoms with Crippen molar-refractivity contribution in [2.45, 2.75) is 69.1 Å². The average molecular weight is 553 g/mol. The number of aromatic nitrogens is 2. The molecule has 3 heterocycles. The molecule has 1 fully saturated rings. The number of methoxy groups -OCH3 is 1. The summed E-state index contributed by atoms with van der Waals surface area (Å²) in [5, 5.41) is 2.94. The van der Waals surface area contributed by atoms with Crippen molar-refractivity contribution in [2.75, 3.05) is 25.1 Å². The highest BCUT2D eigenvalue weighted by atomic mass is 32.2. The van der Waals surface area contributed by atoms with E-state index in [4.69, 9.17) is 9.47 Å². The maximum atomic E-state index is 13.9. The van der Waals surface area contributed by atoms with E-state index < -0.39 is 21.7 Å². The lowest BCUT2D eigenvalue weighted by Gasteiger charge is -2.25. The Kier molecular flexibility index (Phi) is 7.43. The molecule has 0 radical (unpaired) electrons. The number of nitrogens with zero attached hydrogens (tertiary/aromatic N) is 3. The van der Waals surface area contributed by atoms with Crippen LogP contribution in [0.1, 0.15) is 52.0 Å². The first-order valence-corrected chi connectivity index (χ1v) is 14.8. The third-order valence-electron chi connectivity index (χ3n) is 7.22. The SMILES string of the molecule is COC1CCN(c2cccc(S(=O)(=O)n3cc(C4=CCC(NC(=O)OC(C)(C)C)CC4)c4ncccc43)c2)C1. The summed E-state index contributed by atoms with van der Waals surface area (Å²) in [6.07, 6.45) is 8.08. The molecule has 2 aliphatic rings. The molecule has 208 valence electrons. The number of anilines is 1. The molecule has 1 aromatic carbocycles. The number of ether oxygens (including phenoxy) is 2. The maximum Gasteiger partial charge on any atom is 0.407 e. The van der Waals surface area contributed by atoms with E-state index in [0.717, 1.165) is 42.8 Å². The van der Waals surface area contributed by atoms with Gasteiger partial charge in [0.25, 0.3) is 10.0 Å². The number of allylic oxidation sites excluding steroid dienone is 1. The molecule has 1 amide bonds. The first-order valence-electron chi connectivity index (χ1n) is 13.3. The van der Waals surface area contributed by atoms with Crippen LogP contribution in [0, 0.1) is 0 Å². The van der Waals surface area contributed by atoms with Gasteiger partial charge >= 0.3 is 6.09 Å². The molecule has 0 bridgehead atoms. The van der Waals surface area contributed by atoms with Crippen molar-refractivity contribution in [3.05, 3.63) is 60.4 Å². The van der Waals surface area contributed by atoms with E-state index in [1.807, 2.05) is 26.8 Å². The van der Waals surface area contributed by atoms with E-state index in [9.17, 15) is 13.2 Å². The zero-order chi connectivity index (χ0) is 27.8. The van der Waals surface area contributed by atoms with Crippen LogP contribution in [0.25, 0.3) is 16.6 Å². The van der Waals surface area contributed by atoms with Gasteiger partial charge in [0.2, 0.25) is 0 Å². The number of hydrogen-bond acceptors (Lipinski definition) is 7. The fourth-order valence-corrected chi connectivity index (χ4v) is 6.66. The molecule has 39 heavy (non-hydrogen) atoms. The Morgan fingerprint density at radius 2 is 1.97 bits per heavy atom. The molecule has 0 saturated carbocycles. The number of hydrogen-bond donors (Lipinski definition) is 1. The van der Waals surface area contributed by atoms with Crippen LogP contribution in [-0.2, 0) is 19.5 Å². The fourth-order valence-electron chi connectivity index (χ4n) is 5.26. The quantitative estimate of drug-likeness (QED) is 0.461. The van der Waals surface area contributed by atoms with Crippen LogP contribution in [-0.4, -0.2) is 61.4 Å². The number of carbonyl (C=O) groups excluding carboxylic acids is 1. The highest BCUT2D eigenvalue weighted by Gasteiger charge is 2.28. The molecule has 2 atom stereocenters. The molecule has 1 aliphatic heterocycles. The topological polar surface area (TPSA) is 103 Å². The first-order chi connectivity index (χ1) is 18.5. The minimum absolute atomic E-state index is 0.0420. The summed E-state index contributed by atoms with van der Waals surface area (Å²) in [6, 6.07) is 10.6. The zero-order valence-electron chi connectivity index (χ0n) is 22.9. The van der Waals surface area contributed by atoms with Crippen molar-refractivity contribution < 1.29 is 22.7 Å². The van der Waals surface area contributed by atoms with Crippen LogP contribution in [0.4, 0.5) is 10.5 Å². The van der Waals surface area contributed by atoms with E-state index in [0.29, 0.717) is 23.9 Å². The van der Waals surface area contributed by atoms with Crippen LogP contribution in [0.3, 0.4) is 0 Å². The molecule has 2 unspecified atom stereocenters. The van der Waals surface area contributed by atoms with Gasteiger partial charge in [-0.3, -0.25) is 4.98 Å². The van der Waals surface area contributed by atoms with Gasteiger partial charge in [0.05, 0.1) is 22.0 Å².